The first kappa shape index (κ1) is 19.9. The average molecular weight is 417 g/mol. The number of H-pyrrole nitrogens is 1. The molecule has 2 aromatic rings. The minimum Gasteiger partial charge on any atom is -0.493 e. The topological polar surface area (TPSA) is 79.8 Å². The summed E-state index contributed by atoms with van der Waals surface area (Å²) in [6, 6.07) is 3.79. The van der Waals surface area contributed by atoms with E-state index < -0.39 is 0 Å². The molecule has 1 aromatic heterocycles. The van der Waals surface area contributed by atoms with Crippen molar-refractivity contribution in [3.05, 3.63) is 50.2 Å². The highest BCUT2D eigenvalue weighted by Crippen LogP contribution is 2.38. The van der Waals surface area contributed by atoms with Gasteiger partial charge in [0.2, 0.25) is 0 Å². The van der Waals surface area contributed by atoms with Crippen LogP contribution in [0, 0.1) is 0 Å². The van der Waals surface area contributed by atoms with Gasteiger partial charge in [-0.1, -0.05) is 17.7 Å². The van der Waals surface area contributed by atoms with E-state index in [9.17, 15) is 4.79 Å². The summed E-state index contributed by atoms with van der Waals surface area (Å²) in [5, 5.41) is 0.537. The number of nitrogens with zero attached hydrogens (tertiary/aromatic N) is 3. The smallest absolute Gasteiger partial charge is 0.255 e. The number of hydrogen-bond acceptors (Lipinski definition) is 6. The Morgan fingerprint density at radius 1 is 1.21 bits per heavy atom. The van der Waals surface area contributed by atoms with E-state index in [2.05, 4.69) is 14.9 Å². The molecule has 0 amide bonds. The van der Waals surface area contributed by atoms with Gasteiger partial charge in [0.05, 0.1) is 36.2 Å². The molecule has 0 bridgehead atoms. The van der Waals surface area contributed by atoms with Crippen molar-refractivity contribution >= 4 is 17.3 Å². The van der Waals surface area contributed by atoms with E-state index in [1.54, 1.807) is 14.2 Å². The molecular formula is C21H25ClN4O3. The van der Waals surface area contributed by atoms with Crippen molar-refractivity contribution in [2.24, 2.45) is 4.99 Å². The Bertz CT molecular complexity index is 1000. The van der Waals surface area contributed by atoms with E-state index >= 15 is 0 Å². The normalized spacial score (nSPS) is 16.9. The molecule has 2 aliphatic rings. The number of methoxy groups -OCH3 is 2. The first-order chi connectivity index (χ1) is 14.1. The van der Waals surface area contributed by atoms with Crippen molar-refractivity contribution in [2.45, 2.75) is 38.8 Å². The Labute approximate surface area is 174 Å². The van der Waals surface area contributed by atoms with Crippen LogP contribution < -0.4 is 15.0 Å². The van der Waals surface area contributed by atoms with Crippen molar-refractivity contribution in [1.29, 1.82) is 0 Å². The van der Waals surface area contributed by atoms with Gasteiger partial charge in [0.1, 0.15) is 0 Å². The Hall–Kier alpha value is -2.38. The van der Waals surface area contributed by atoms with Crippen molar-refractivity contribution in [2.75, 3.05) is 27.3 Å². The van der Waals surface area contributed by atoms with Crippen LogP contribution in [0.1, 0.15) is 41.9 Å². The highest BCUT2D eigenvalue weighted by molar-refractivity contribution is 6.33. The second-order valence-corrected chi connectivity index (χ2v) is 7.74. The third-order valence-corrected chi connectivity index (χ3v) is 5.92. The first-order valence-electron chi connectivity index (χ1n) is 9.88. The average Bonchev–Trinajstić information content (AvgIpc) is 2.75. The van der Waals surface area contributed by atoms with Crippen LogP contribution in [0.5, 0.6) is 11.5 Å². The summed E-state index contributed by atoms with van der Waals surface area (Å²) >= 11 is 6.53. The molecule has 0 unspecified atom stereocenters. The van der Waals surface area contributed by atoms with Crippen molar-refractivity contribution in [1.82, 2.24) is 14.9 Å². The molecule has 1 N–H and O–H groups in total. The van der Waals surface area contributed by atoms with Crippen LogP contribution in [0.25, 0.3) is 0 Å². The van der Waals surface area contributed by atoms with Crippen LogP contribution >= 0.6 is 11.6 Å². The number of ether oxygens (including phenoxy) is 2. The zero-order valence-corrected chi connectivity index (χ0v) is 17.5. The molecule has 0 radical (unpaired) electrons. The predicted molar refractivity (Wildman–Crippen MR) is 112 cm³/mol. The second kappa shape index (κ2) is 8.55. The van der Waals surface area contributed by atoms with Gasteiger partial charge >= 0.3 is 0 Å². The second-order valence-electron chi connectivity index (χ2n) is 7.36. The van der Waals surface area contributed by atoms with Gasteiger partial charge in [-0.3, -0.25) is 14.7 Å². The number of benzene rings is 1. The number of fused-ring (bicyclic) bond motifs is 1. The molecule has 0 atom stereocenters. The number of hydrogen-bond donors (Lipinski definition) is 1. The summed E-state index contributed by atoms with van der Waals surface area (Å²) in [6.45, 7) is 2.78. The van der Waals surface area contributed by atoms with Crippen LogP contribution in [-0.2, 0) is 19.5 Å². The molecule has 0 saturated carbocycles. The predicted octanol–water partition coefficient (Wildman–Crippen LogP) is 2.97. The van der Waals surface area contributed by atoms with Gasteiger partial charge in [-0.2, -0.15) is 0 Å². The maximum Gasteiger partial charge on any atom is 0.255 e. The zero-order chi connectivity index (χ0) is 20.4. The summed E-state index contributed by atoms with van der Waals surface area (Å²) in [5.41, 5.74) is 3.40. The molecule has 7 nitrogen and oxygen atoms in total. The lowest BCUT2D eigenvalue weighted by molar-refractivity contribution is 0.241. The largest absolute Gasteiger partial charge is 0.493 e. The number of aliphatic imine (C=N–C) groups is 1. The molecule has 29 heavy (non-hydrogen) atoms. The molecule has 1 aromatic carbocycles. The van der Waals surface area contributed by atoms with Crippen LogP contribution in [0.3, 0.4) is 0 Å². The van der Waals surface area contributed by atoms with Crippen LogP contribution in [0.2, 0.25) is 5.02 Å². The summed E-state index contributed by atoms with van der Waals surface area (Å²) in [7, 11) is 3.16. The van der Waals surface area contributed by atoms with Gasteiger partial charge in [0, 0.05) is 32.6 Å². The van der Waals surface area contributed by atoms with E-state index in [4.69, 9.17) is 26.1 Å². The molecule has 2 aliphatic heterocycles. The lowest BCUT2D eigenvalue weighted by Gasteiger charge is -2.28. The molecule has 3 heterocycles. The maximum absolute atomic E-state index is 12.7. The zero-order valence-electron chi connectivity index (χ0n) is 16.8. The molecule has 0 spiro atoms. The fourth-order valence-corrected chi connectivity index (χ4v) is 4.23. The monoisotopic (exact) mass is 416 g/mol. The standard InChI is InChI=1S/C21H25ClN4O3/c1-28-17-7-6-13(18(22)19(17)29-2)11-26-10-8-15-14(12-26)21(27)25-20(24-15)16-5-3-4-9-23-16/h6-7H,3-5,8-12H2,1-2H3,(H,24,25,27). The first-order valence-corrected chi connectivity index (χ1v) is 10.3. The Morgan fingerprint density at radius 3 is 2.79 bits per heavy atom. The van der Waals surface area contributed by atoms with Gasteiger partial charge in [-0.05, 0) is 30.9 Å². The number of rotatable bonds is 5. The van der Waals surface area contributed by atoms with Gasteiger partial charge in [0.15, 0.2) is 17.3 Å². The van der Waals surface area contributed by atoms with Crippen LogP contribution in [-0.4, -0.2) is 47.9 Å². The Morgan fingerprint density at radius 2 is 2.07 bits per heavy atom. The van der Waals surface area contributed by atoms with Gasteiger partial charge in [0.25, 0.3) is 5.56 Å². The van der Waals surface area contributed by atoms with Crippen LogP contribution in [0.15, 0.2) is 21.9 Å². The van der Waals surface area contributed by atoms with Crippen molar-refractivity contribution in [3.63, 3.8) is 0 Å². The molecule has 4 rings (SSSR count). The Kier molecular flexibility index (Phi) is 5.87. The van der Waals surface area contributed by atoms with Gasteiger partial charge in [-0.15, -0.1) is 0 Å². The third kappa shape index (κ3) is 4.02. The van der Waals surface area contributed by atoms with E-state index in [0.717, 1.165) is 61.3 Å². The minimum absolute atomic E-state index is 0.0682. The molecular weight excluding hydrogens is 392 g/mol. The maximum atomic E-state index is 12.7. The van der Waals surface area contributed by atoms with E-state index in [0.29, 0.717) is 35.4 Å². The molecule has 154 valence electrons. The summed E-state index contributed by atoms with van der Waals surface area (Å²) < 4.78 is 10.7. The highest BCUT2D eigenvalue weighted by atomic mass is 35.5. The van der Waals surface area contributed by atoms with Crippen molar-refractivity contribution in [3.8, 4) is 11.5 Å². The highest BCUT2D eigenvalue weighted by Gasteiger charge is 2.24. The molecule has 0 fully saturated rings. The molecule has 0 aliphatic carbocycles. The number of aromatic nitrogens is 2. The number of aromatic amines is 1. The van der Waals surface area contributed by atoms with Crippen LogP contribution in [0.4, 0.5) is 0 Å². The summed E-state index contributed by atoms with van der Waals surface area (Å²) in [4.78, 5) is 27.2. The van der Waals surface area contributed by atoms with Gasteiger partial charge < -0.3 is 14.5 Å². The summed E-state index contributed by atoms with van der Waals surface area (Å²) in [6.07, 6.45) is 3.81. The van der Waals surface area contributed by atoms with Gasteiger partial charge in [-0.25, -0.2) is 4.98 Å². The number of nitrogens with one attached hydrogen (secondary N) is 1. The fraction of sp³-hybridized carbons (Fsp3) is 0.476. The molecule has 0 saturated heterocycles. The van der Waals surface area contributed by atoms with E-state index in [1.807, 2.05) is 12.1 Å². The fourth-order valence-electron chi connectivity index (χ4n) is 3.94. The Balaban J connectivity index is 1.55. The summed E-state index contributed by atoms with van der Waals surface area (Å²) in [5.74, 6) is 1.77. The lowest BCUT2D eigenvalue weighted by atomic mass is 10.0. The van der Waals surface area contributed by atoms with E-state index in [1.165, 1.54) is 0 Å². The lowest BCUT2D eigenvalue weighted by Crippen LogP contribution is -2.36. The quantitative estimate of drug-likeness (QED) is 0.810. The van der Waals surface area contributed by atoms with E-state index in [-0.39, 0.29) is 5.56 Å². The molecule has 8 heteroatoms. The minimum atomic E-state index is -0.0682. The third-order valence-electron chi connectivity index (χ3n) is 5.50. The van der Waals surface area contributed by atoms with Crippen molar-refractivity contribution < 1.29 is 9.47 Å². The number of halogens is 1. The SMILES string of the molecule is COc1ccc(CN2CCc3nc(C4=NCCCC4)[nH]c(=O)c3C2)c(Cl)c1OC.